The summed E-state index contributed by atoms with van der Waals surface area (Å²) in [7, 11) is -3.46. The fraction of sp³-hybridized carbons (Fsp3) is 0.500. The lowest BCUT2D eigenvalue weighted by Crippen LogP contribution is -2.30. The highest BCUT2D eigenvalue weighted by atomic mass is 79.9. The Morgan fingerprint density at radius 2 is 2.16 bits per heavy atom. The fourth-order valence-electron chi connectivity index (χ4n) is 2.13. The highest BCUT2D eigenvalue weighted by Crippen LogP contribution is 2.25. The van der Waals surface area contributed by atoms with Crippen LogP contribution in [0.25, 0.3) is 0 Å². The normalized spacial score (nSPS) is 19.8. The third-order valence-corrected chi connectivity index (χ3v) is 6.08. The second-order valence-electron chi connectivity index (χ2n) is 4.55. The third kappa shape index (κ3) is 4.26. The van der Waals surface area contributed by atoms with Crippen LogP contribution in [0.2, 0.25) is 0 Å². The van der Waals surface area contributed by atoms with Crippen LogP contribution in [0.4, 0.5) is 0 Å². The van der Waals surface area contributed by atoms with Crippen molar-refractivity contribution in [1.29, 1.82) is 0 Å². The van der Waals surface area contributed by atoms with Gasteiger partial charge in [0.1, 0.15) is 0 Å². The zero-order valence-electron chi connectivity index (χ0n) is 10.3. The largest absolute Gasteiger partial charge is 0.314 e. The molecule has 1 aromatic rings. The fourth-order valence-corrected chi connectivity index (χ4v) is 4.68. The minimum Gasteiger partial charge on any atom is -0.314 e. The molecule has 0 aromatic heterocycles. The van der Waals surface area contributed by atoms with Crippen molar-refractivity contribution in [2.75, 3.05) is 13.1 Å². The van der Waals surface area contributed by atoms with E-state index in [0.29, 0.717) is 17.1 Å². The lowest BCUT2D eigenvalue weighted by atomic mass is 10.2. The highest BCUT2D eigenvalue weighted by molar-refractivity contribution is 9.11. The Labute approximate surface area is 130 Å². The van der Waals surface area contributed by atoms with Crippen LogP contribution in [0.5, 0.6) is 0 Å². The molecule has 7 heteroatoms. The molecule has 0 radical (unpaired) electrons. The Bertz CT molecular complexity index is 543. The van der Waals surface area contributed by atoms with Gasteiger partial charge in [-0.25, -0.2) is 13.1 Å². The van der Waals surface area contributed by atoms with E-state index >= 15 is 0 Å². The number of sulfonamides is 1. The van der Waals surface area contributed by atoms with Gasteiger partial charge in [-0.1, -0.05) is 15.9 Å². The molecular weight excluding hydrogens is 396 g/mol. The monoisotopic (exact) mass is 410 g/mol. The summed E-state index contributed by atoms with van der Waals surface area (Å²) in [5.41, 5.74) is 0. The van der Waals surface area contributed by atoms with E-state index in [4.69, 9.17) is 0 Å². The molecule has 1 heterocycles. The first kappa shape index (κ1) is 15.4. The average molecular weight is 412 g/mol. The quantitative estimate of drug-likeness (QED) is 0.782. The molecule has 1 saturated heterocycles. The van der Waals surface area contributed by atoms with Gasteiger partial charge in [-0.15, -0.1) is 0 Å². The number of hydrogen-bond acceptors (Lipinski definition) is 3. The van der Waals surface area contributed by atoms with Gasteiger partial charge in [0.05, 0.1) is 4.90 Å². The molecule has 1 fully saturated rings. The van der Waals surface area contributed by atoms with E-state index in [1.54, 1.807) is 18.2 Å². The van der Waals surface area contributed by atoms with E-state index in [1.165, 1.54) is 6.42 Å². The Morgan fingerprint density at radius 3 is 2.84 bits per heavy atom. The molecule has 1 aromatic carbocycles. The Hall–Kier alpha value is 0.0500. The summed E-state index contributed by atoms with van der Waals surface area (Å²) in [6, 6.07) is 5.55. The van der Waals surface area contributed by atoms with Crippen LogP contribution in [0.1, 0.15) is 19.3 Å². The maximum atomic E-state index is 12.2. The summed E-state index contributed by atoms with van der Waals surface area (Å²) < 4.78 is 28.4. The van der Waals surface area contributed by atoms with Gasteiger partial charge < -0.3 is 5.32 Å². The zero-order valence-corrected chi connectivity index (χ0v) is 14.3. The van der Waals surface area contributed by atoms with Crippen molar-refractivity contribution in [3.05, 3.63) is 27.1 Å². The number of hydrogen-bond donors (Lipinski definition) is 2. The van der Waals surface area contributed by atoms with Crippen molar-refractivity contribution in [2.24, 2.45) is 0 Å². The van der Waals surface area contributed by atoms with Crippen LogP contribution in [0, 0.1) is 0 Å². The van der Waals surface area contributed by atoms with Gasteiger partial charge in [0, 0.05) is 21.5 Å². The van der Waals surface area contributed by atoms with Crippen molar-refractivity contribution < 1.29 is 8.42 Å². The first-order valence-electron chi connectivity index (χ1n) is 6.17. The van der Waals surface area contributed by atoms with Gasteiger partial charge in [0.2, 0.25) is 10.0 Å². The molecule has 1 unspecified atom stereocenters. The van der Waals surface area contributed by atoms with Gasteiger partial charge in [0.25, 0.3) is 0 Å². The van der Waals surface area contributed by atoms with Crippen molar-refractivity contribution in [1.82, 2.24) is 10.0 Å². The van der Waals surface area contributed by atoms with Gasteiger partial charge >= 0.3 is 0 Å². The van der Waals surface area contributed by atoms with Crippen LogP contribution >= 0.6 is 31.9 Å². The van der Waals surface area contributed by atoms with Crippen LogP contribution in [0.3, 0.4) is 0 Å². The van der Waals surface area contributed by atoms with Crippen molar-refractivity contribution in [2.45, 2.75) is 30.2 Å². The smallest absolute Gasteiger partial charge is 0.241 e. The maximum absolute atomic E-state index is 12.2. The van der Waals surface area contributed by atoms with E-state index in [-0.39, 0.29) is 4.90 Å². The van der Waals surface area contributed by atoms with Crippen molar-refractivity contribution >= 4 is 41.9 Å². The van der Waals surface area contributed by atoms with Gasteiger partial charge in [-0.05, 0) is 59.9 Å². The molecule has 1 atom stereocenters. The van der Waals surface area contributed by atoms with E-state index in [0.717, 1.165) is 23.9 Å². The molecule has 2 N–H and O–H groups in total. The van der Waals surface area contributed by atoms with Gasteiger partial charge in [0.15, 0.2) is 0 Å². The number of benzene rings is 1. The Morgan fingerprint density at radius 1 is 1.37 bits per heavy atom. The lowest BCUT2D eigenvalue weighted by Gasteiger charge is -2.12. The maximum Gasteiger partial charge on any atom is 0.241 e. The summed E-state index contributed by atoms with van der Waals surface area (Å²) >= 11 is 6.56. The summed E-state index contributed by atoms with van der Waals surface area (Å²) in [4.78, 5) is 0.265. The molecule has 0 spiro atoms. The number of halogens is 2. The number of nitrogens with one attached hydrogen (secondary N) is 2. The molecule has 0 bridgehead atoms. The molecule has 0 amide bonds. The van der Waals surface area contributed by atoms with Gasteiger partial charge in [-0.2, -0.15) is 0 Å². The topological polar surface area (TPSA) is 58.2 Å². The van der Waals surface area contributed by atoms with Crippen LogP contribution < -0.4 is 10.0 Å². The summed E-state index contributed by atoms with van der Waals surface area (Å²) in [6.07, 6.45) is 3.13. The number of rotatable bonds is 5. The Kier molecular flexibility index (Phi) is 5.42. The first-order chi connectivity index (χ1) is 8.99. The molecule has 0 saturated carbocycles. The minimum absolute atomic E-state index is 0.265. The second kappa shape index (κ2) is 6.67. The van der Waals surface area contributed by atoms with E-state index < -0.39 is 10.0 Å². The van der Waals surface area contributed by atoms with E-state index in [9.17, 15) is 8.42 Å². The standard InChI is InChI=1S/C12H16Br2N2O2S/c13-9-3-4-11(14)12(8-9)19(17,18)16-7-5-10-2-1-6-15-10/h3-4,8,10,15-16H,1-2,5-7H2. The molecular formula is C12H16Br2N2O2S. The van der Waals surface area contributed by atoms with Crippen LogP contribution in [-0.4, -0.2) is 27.5 Å². The lowest BCUT2D eigenvalue weighted by molar-refractivity contribution is 0.539. The zero-order chi connectivity index (χ0) is 13.9. The minimum atomic E-state index is -3.46. The third-order valence-electron chi connectivity index (χ3n) is 3.13. The molecule has 4 nitrogen and oxygen atoms in total. The molecule has 1 aliphatic heterocycles. The van der Waals surface area contributed by atoms with Crippen molar-refractivity contribution in [3.8, 4) is 0 Å². The van der Waals surface area contributed by atoms with Gasteiger partial charge in [-0.3, -0.25) is 0 Å². The predicted octanol–water partition coefficient (Wildman–Crippen LogP) is 2.63. The van der Waals surface area contributed by atoms with E-state index in [2.05, 4.69) is 41.9 Å². The van der Waals surface area contributed by atoms with Crippen LogP contribution in [-0.2, 0) is 10.0 Å². The summed E-state index contributed by atoms with van der Waals surface area (Å²) in [6.45, 7) is 1.49. The highest BCUT2D eigenvalue weighted by Gasteiger charge is 2.19. The molecule has 0 aliphatic carbocycles. The summed E-state index contributed by atoms with van der Waals surface area (Å²) in [5, 5.41) is 3.35. The second-order valence-corrected chi connectivity index (χ2v) is 8.06. The molecule has 1 aliphatic rings. The molecule has 19 heavy (non-hydrogen) atoms. The predicted molar refractivity (Wildman–Crippen MR) is 82.7 cm³/mol. The van der Waals surface area contributed by atoms with E-state index in [1.807, 2.05) is 0 Å². The Balaban J connectivity index is 1.99. The first-order valence-corrected chi connectivity index (χ1v) is 9.24. The SMILES string of the molecule is O=S(=O)(NCCC1CCCN1)c1cc(Br)ccc1Br. The van der Waals surface area contributed by atoms with Crippen LogP contribution in [0.15, 0.2) is 32.0 Å². The summed E-state index contributed by atoms with van der Waals surface area (Å²) in [5.74, 6) is 0. The van der Waals surface area contributed by atoms with Crippen molar-refractivity contribution in [3.63, 3.8) is 0 Å². The molecule has 2 rings (SSSR count). The average Bonchev–Trinajstić information content (AvgIpc) is 2.85. The molecule has 106 valence electrons.